The van der Waals surface area contributed by atoms with Gasteiger partial charge in [-0.1, -0.05) is 46.6 Å². The van der Waals surface area contributed by atoms with Crippen molar-refractivity contribution in [3.63, 3.8) is 0 Å². The lowest BCUT2D eigenvalue weighted by molar-refractivity contribution is 0.222. The Bertz CT molecular complexity index is 685. The van der Waals surface area contributed by atoms with Crippen molar-refractivity contribution in [2.24, 2.45) is 5.92 Å². The van der Waals surface area contributed by atoms with Crippen LogP contribution in [0.25, 0.3) is 0 Å². The second-order valence-electron chi connectivity index (χ2n) is 5.00. The van der Waals surface area contributed by atoms with Crippen molar-refractivity contribution in [2.45, 2.75) is 13.0 Å². The molecule has 0 aliphatic rings. The normalized spacial score (nSPS) is 13.2. The summed E-state index contributed by atoms with van der Waals surface area (Å²) in [7, 11) is 0. The Morgan fingerprint density at radius 2 is 2.09 bits per heavy atom. The molecule has 1 heterocycles. The minimum atomic E-state index is -0.143. The molecule has 2 atom stereocenters. The van der Waals surface area contributed by atoms with Gasteiger partial charge in [0.1, 0.15) is 11.9 Å². The molecule has 0 aliphatic carbocycles. The third-order valence-electron chi connectivity index (χ3n) is 3.35. The maximum atomic E-state index is 9.50. The van der Waals surface area contributed by atoms with Crippen LogP contribution in [0.3, 0.4) is 0 Å². The largest absolute Gasteiger partial charge is 0.396 e. The van der Waals surface area contributed by atoms with Gasteiger partial charge in [0.25, 0.3) is 0 Å². The minimum absolute atomic E-state index is 0.0294. The first-order valence-electron chi connectivity index (χ1n) is 6.73. The number of benzene rings is 1. The van der Waals surface area contributed by atoms with Gasteiger partial charge in [0, 0.05) is 23.2 Å². The van der Waals surface area contributed by atoms with Crippen LogP contribution in [-0.4, -0.2) is 16.7 Å². The number of aromatic nitrogens is 1. The molecule has 0 saturated carbocycles. The zero-order valence-corrected chi connectivity index (χ0v) is 14.3. The maximum absolute atomic E-state index is 9.50. The molecule has 0 bridgehead atoms. The molecule has 114 valence electrons. The smallest absolute Gasteiger partial charge is 0.145 e. The first kappa shape index (κ1) is 16.8. The highest BCUT2D eigenvalue weighted by Gasteiger charge is 2.20. The summed E-state index contributed by atoms with van der Waals surface area (Å²) >= 11 is 9.58. The number of halogens is 2. The molecule has 0 saturated heterocycles. The Hall–Kier alpha value is -1.61. The van der Waals surface area contributed by atoms with Crippen LogP contribution in [0.4, 0.5) is 5.82 Å². The van der Waals surface area contributed by atoms with Crippen molar-refractivity contribution in [3.8, 4) is 6.07 Å². The molecule has 0 fully saturated rings. The number of aliphatic hydroxyl groups is 1. The molecule has 0 aliphatic heterocycles. The molecule has 0 spiro atoms. The van der Waals surface area contributed by atoms with Crippen molar-refractivity contribution in [1.82, 2.24) is 4.98 Å². The highest BCUT2D eigenvalue weighted by Crippen LogP contribution is 2.30. The second-order valence-corrected chi connectivity index (χ2v) is 6.32. The highest BCUT2D eigenvalue weighted by molar-refractivity contribution is 9.10. The number of nitrogens with one attached hydrogen (secondary N) is 1. The number of rotatable bonds is 5. The van der Waals surface area contributed by atoms with Crippen molar-refractivity contribution < 1.29 is 5.11 Å². The van der Waals surface area contributed by atoms with Crippen LogP contribution in [0.1, 0.15) is 24.1 Å². The lowest BCUT2D eigenvalue weighted by atomic mass is 9.95. The van der Waals surface area contributed by atoms with Gasteiger partial charge in [-0.2, -0.15) is 5.26 Å². The van der Waals surface area contributed by atoms with Gasteiger partial charge < -0.3 is 10.4 Å². The topological polar surface area (TPSA) is 68.9 Å². The predicted molar refractivity (Wildman–Crippen MR) is 90.7 cm³/mol. The molecule has 1 aromatic heterocycles. The molecule has 22 heavy (non-hydrogen) atoms. The van der Waals surface area contributed by atoms with Crippen molar-refractivity contribution in [1.29, 1.82) is 5.26 Å². The van der Waals surface area contributed by atoms with E-state index in [0.29, 0.717) is 16.4 Å². The van der Waals surface area contributed by atoms with Crippen LogP contribution in [0.2, 0.25) is 5.02 Å². The summed E-state index contributed by atoms with van der Waals surface area (Å²) in [4.78, 5) is 4.19. The quantitative estimate of drug-likeness (QED) is 0.817. The van der Waals surface area contributed by atoms with E-state index in [1.165, 1.54) is 6.20 Å². The van der Waals surface area contributed by atoms with Crippen LogP contribution < -0.4 is 5.32 Å². The van der Waals surface area contributed by atoms with Gasteiger partial charge in [-0.3, -0.25) is 0 Å². The monoisotopic (exact) mass is 379 g/mol. The van der Waals surface area contributed by atoms with E-state index in [1.54, 1.807) is 6.07 Å². The van der Waals surface area contributed by atoms with Gasteiger partial charge in [-0.05, 0) is 23.8 Å². The van der Waals surface area contributed by atoms with Gasteiger partial charge in [0.15, 0.2) is 0 Å². The van der Waals surface area contributed by atoms with Gasteiger partial charge >= 0.3 is 0 Å². The van der Waals surface area contributed by atoms with Gasteiger partial charge in [-0.25, -0.2) is 4.98 Å². The van der Waals surface area contributed by atoms with E-state index in [1.807, 2.05) is 37.3 Å². The Kier molecular flexibility index (Phi) is 5.78. The number of aliphatic hydroxyl groups excluding tert-OH is 1. The Balaban J connectivity index is 2.31. The highest BCUT2D eigenvalue weighted by atomic mass is 79.9. The van der Waals surface area contributed by atoms with Crippen LogP contribution in [0.15, 0.2) is 41.0 Å². The Labute approximate surface area is 142 Å². The van der Waals surface area contributed by atoms with E-state index in [0.717, 1.165) is 10.0 Å². The van der Waals surface area contributed by atoms with E-state index < -0.39 is 0 Å². The SMILES string of the molecule is C[C@@H](CO)[C@@H](Nc1ncc(C#N)cc1Cl)c1ccc(Br)cc1. The van der Waals surface area contributed by atoms with Gasteiger partial charge in [-0.15, -0.1) is 0 Å². The summed E-state index contributed by atoms with van der Waals surface area (Å²) in [6.07, 6.45) is 1.47. The van der Waals surface area contributed by atoms with Gasteiger partial charge in [0.05, 0.1) is 16.6 Å². The first-order valence-corrected chi connectivity index (χ1v) is 7.90. The summed E-state index contributed by atoms with van der Waals surface area (Å²) in [5.41, 5.74) is 1.43. The fourth-order valence-electron chi connectivity index (χ4n) is 2.08. The zero-order valence-electron chi connectivity index (χ0n) is 11.9. The predicted octanol–water partition coefficient (Wildman–Crippen LogP) is 4.15. The maximum Gasteiger partial charge on any atom is 0.145 e. The molecule has 2 N–H and O–H groups in total. The number of pyridine rings is 1. The average molecular weight is 381 g/mol. The summed E-state index contributed by atoms with van der Waals surface area (Å²) in [5, 5.41) is 22.0. The summed E-state index contributed by atoms with van der Waals surface area (Å²) in [6, 6.07) is 11.3. The summed E-state index contributed by atoms with van der Waals surface area (Å²) < 4.78 is 0.987. The van der Waals surface area contributed by atoms with Crippen molar-refractivity contribution >= 4 is 33.3 Å². The first-order chi connectivity index (χ1) is 10.5. The van der Waals surface area contributed by atoms with E-state index in [-0.39, 0.29) is 18.6 Å². The number of anilines is 1. The molecule has 1 aromatic carbocycles. The third-order valence-corrected chi connectivity index (χ3v) is 4.17. The summed E-state index contributed by atoms with van der Waals surface area (Å²) in [6.45, 7) is 1.97. The van der Waals surface area contributed by atoms with E-state index in [4.69, 9.17) is 16.9 Å². The minimum Gasteiger partial charge on any atom is -0.396 e. The molecule has 0 radical (unpaired) electrons. The molecule has 6 heteroatoms. The van der Waals surface area contributed by atoms with Crippen LogP contribution in [0, 0.1) is 17.2 Å². The van der Waals surface area contributed by atoms with E-state index in [9.17, 15) is 5.11 Å². The zero-order chi connectivity index (χ0) is 16.1. The van der Waals surface area contributed by atoms with Crippen LogP contribution >= 0.6 is 27.5 Å². The van der Waals surface area contributed by atoms with Crippen LogP contribution in [-0.2, 0) is 0 Å². The second kappa shape index (κ2) is 7.59. The van der Waals surface area contributed by atoms with Crippen molar-refractivity contribution in [3.05, 3.63) is 57.2 Å². The lowest BCUT2D eigenvalue weighted by Crippen LogP contribution is -2.22. The summed E-state index contributed by atoms with van der Waals surface area (Å²) in [5.74, 6) is 0.462. The fourth-order valence-corrected chi connectivity index (χ4v) is 2.57. The van der Waals surface area contributed by atoms with Crippen molar-refractivity contribution in [2.75, 3.05) is 11.9 Å². The Morgan fingerprint density at radius 1 is 1.41 bits per heavy atom. The molecule has 2 rings (SSSR count). The fraction of sp³-hybridized carbons (Fsp3) is 0.250. The molecule has 0 unspecified atom stereocenters. The number of nitriles is 1. The standard InChI is InChI=1S/C16H15BrClN3O/c1-10(9-22)15(12-2-4-13(17)5-3-12)21-16-14(18)6-11(7-19)8-20-16/h2-6,8,10,15,22H,9H2,1H3,(H,20,21)/t10-,15+/m0/s1. The number of hydrogen-bond donors (Lipinski definition) is 2. The Morgan fingerprint density at radius 3 is 2.64 bits per heavy atom. The number of nitrogens with zero attached hydrogens (tertiary/aromatic N) is 2. The molecule has 0 amide bonds. The third kappa shape index (κ3) is 3.98. The van der Waals surface area contributed by atoms with E-state index in [2.05, 4.69) is 26.2 Å². The van der Waals surface area contributed by atoms with Gasteiger partial charge in [0.2, 0.25) is 0 Å². The number of hydrogen-bond acceptors (Lipinski definition) is 4. The van der Waals surface area contributed by atoms with E-state index >= 15 is 0 Å². The molecule has 4 nitrogen and oxygen atoms in total. The van der Waals surface area contributed by atoms with Crippen LogP contribution in [0.5, 0.6) is 0 Å². The molecular weight excluding hydrogens is 366 g/mol. The average Bonchev–Trinajstić information content (AvgIpc) is 2.54. The molecule has 2 aromatic rings. The lowest BCUT2D eigenvalue weighted by Gasteiger charge is -2.25. The molecular formula is C16H15BrClN3O.